The maximum absolute atomic E-state index is 14.5. The number of Topliss-reactive ketones (excluding diaryl/α,β-unsaturated/α-hetero) is 1. The number of nitrogens with zero attached hydrogens (tertiary/aromatic N) is 4. The molecule has 1 aliphatic heterocycles. The van der Waals surface area contributed by atoms with Gasteiger partial charge in [0.1, 0.15) is 17.2 Å². The lowest BCUT2D eigenvalue weighted by molar-refractivity contribution is -0.119. The van der Waals surface area contributed by atoms with E-state index in [2.05, 4.69) is 15.6 Å². The molecular formula is C16H17F2N5OS. The van der Waals surface area contributed by atoms with Crippen LogP contribution in [-0.4, -0.2) is 38.9 Å². The van der Waals surface area contributed by atoms with Crippen LogP contribution in [0.4, 0.5) is 14.5 Å². The van der Waals surface area contributed by atoms with E-state index in [4.69, 9.17) is 12.2 Å². The number of carbonyl (C=O) groups is 1. The van der Waals surface area contributed by atoms with Crippen LogP contribution in [0.5, 0.6) is 0 Å². The summed E-state index contributed by atoms with van der Waals surface area (Å²) in [5.41, 5.74) is 0.739. The van der Waals surface area contributed by atoms with Crippen molar-refractivity contribution in [2.24, 2.45) is 0 Å². The van der Waals surface area contributed by atoms with E-state index in [1.54, 1.807) is 18.0 Å². The topological polar surface area (TPSA) is 63.1 Å². The Morgan fingerprint density at radius 2 is 1.92 bits per heavy atom. The smallest absolute Gasteiger partial charge is 0.151 e. The molecular weight excluding hydrogens is 348 g/mol. The van der Waals surface area contributed by atoms with Crippen molar-refractivity contribution in [2.75, 3.05) is 18.0 Å². The molecule has 25 heavy (non-hydrogen) atoms. The summed E-state index contributed by atoms with van der Waals surface area (Å²) in [6, 6.07) is 2.43. The van der Waals surface area contributed by atoms with Crippen LogP contribution in [0, 0.1) is 11.6 Å². The Hall–Kier alpha value is -2.42. The molecule has 9 heteroatoms. The largest absolute Gasteiger partial charge is 0.374 e. The molecule has 0 unspecified atom stereocenters. The average molecular weight is 365 g/mol. The summed E-state index contributed by atoms with van der Waals surface area (Å²) in [5, 5.41) is 10.8. The zero-order valence-corrected chi connectivity index (χ0v) is 14.4. The van der Waals surface area contributed by atoms with Crippen LogP contribution in [0.1, 0.15) is 25.5 Å². The molecule has 1 N–H and O–H groups in total. The molecule has 1 aromatic carbocycles. The minimum atomic E-state index is -0.686. The Labute approximate surface area is 148 Å². The van der Waals surface area contributed by atoms with Gasteiger partial charge in [0.2, 0.25) is 0 Å². The van der Waals surface area contributed by atoms with Gasteiger partial charge in [-0.15, -0.1) is 5.10 Å². The van der Waals surface area contributed by atoms with Gasteiger partial charge in [-0.25, -0.2) is 13.5 Å². The minimum Gasteiger partial charge on any atom is -0.374 e. The molecule has 0 aliphatic carbocycles. The van der Waals surface area contributed by atoms with E-state index in [1.165, 1.54) is 16.8 Å². The van der Waals surface area contributed by atoms with Gasteiger partial charge in [0, 0.05) is 38.1 Å². The van der Waals surface area contributed by atoms with Crippen molar-refractivity contribution in [3.05, 3.63) is 35.7 Å². The van der Waals surface area contributed by atoms with Crippen molar-refractivity contribution in [1.29, 1.82) is 0 Å². The minimum absolute atomic E-state index is 0.102. The van der Waals surface area contributed by atoms with Crippen LogP contribution >= 0.6 is 12.2 Å². The summed E-state index contributed by atoms with van der Waals surface area (Å²) in [6.45, 7) is 2.78. The zero-order chi connectivity index (χ0) is 18.0. The monoisotopic (exact) mass is 365 g/mol. The second kappa shape index (κ2) is 7.22. The quantitative estimate of drug-likeness (QED) is 0.838. The van der Waals surface area contributed by atoms with E-state index >= 15 is 0 Å². The molecule has 2 aromatic rings. The Morgan fingerprint density at radius 3 is 2.52 bits per heavy atom. The van der Waals surface area contributed by atoms with E-state index in [9.17, 15) is 13.6 Å². The fourth-order valence-corrected chi connectivity index (χ4v) is 2.76. The number of anilines is 1. The lowest BCUT2D eigenvalue weighted by Crippen LogP contribution is -2.35. The summed E-state index contributed by atoms with van der Waals surface area (Å²) >= 11 is 4.92. The molecule has 0 amide bonds. The first-order chi connectivity index (χ1) is 11.9. The molecule has 6 nitrogen and oxygen atoms in total. The second-order valence-corrected chi connectivity index (χ2v) is 6.46. The van der Waals surface area contributed by atoms with Gasteiger partial charge < -0.3 is 10.2 Å². The molecule has 132 valence electrons. The highest BCUT2D eigenvalue weighted by atomic mass is 32.1. The first kappa shape index (κ1) is 17.4. The molecule has 0 saturated carbocycles. The number of thiocarbonyl (C=S) groups is 1. The molecule has 3 rings (SSSR count). The SMILES string of the molecule is CC(=S)NCc1cn(-c2cc(F)c(N3CCC(=O)CC3)c(F)c2)nn1. The highest BCUT2D eigenvalue weighted by Gasteiger charge is 2.23. The summed E-state index contributed by atoms with van der Waals surface area (Å²) in [6.07, 6.45) is 2.19. The summed E-state index contributed by atoms with van der Waals surface area (Å²) in [5.74, 6) is -1.26. The van der Waals surface area contributed by atoms with Crippen molar-refractivity contribution < 1.29 is 13.6 Å². The van der Waals surface area contributed by atoms with Gasteiger partial charge in [0.25, 0.3) is 0 Å². The van der Waals surface area contributed by atoms with Gasteiger partial charge in [-0.1, -0.05) is 17.4 Å². The van der Waals surface area contributed by atoms with Gasteiger partial charge in [-0.05, 0) is 6.92 Å². The lowest BCUT2D eigenvalue weighted by atomic mass is 10.1. The summed E-state index contributed by atoms with van der Waals surface area (Å²) in [4.78, 5) is 13.5. The molecule has 0 atom stereocenters. The van der Waals surface area contributed by atoms with Crippen LogP contribution in [0.25, 0.3) is 5.69 Å². The molecule has 1 aliphatic rings. The number of aromatic nitrogens is 3. The molecule has 1 saturated heterocycles. The molecule has 2 heterocycles. The van der Waals surface area contributed by atoms with Gasteiger partial charge >= 0.3 is 0 Å². The highest BCUT2D eigenvalue weighted by Crippen LogP contribution is 2.28. The fraction of sp³-hybridized carbons (Fsp3) is 0.375. The van der Waals surface area contributed by atoms with E-state index < -0.39 is 11.6 Å². The van der Waals surface area contributed by atoms with Crippen molar-refractivity contribution in [1.82, 2.24) is 20.3 Å². The number of nitrogens with one attached hydrogen (secondary N) is 1. The van der Waals surface area contributed by atoms with Crippen molar-refractivity contribution in [2.45, 2.75) is 26.3 Å². The number of ketones is 1. The zero-order valence-electron chi connectivity index (χ0n) is 13.6. The summed E-state index contributed by atoms with van der Waals surface area (Å²) in [7, 11) is 0. The van der Waals surface area contributed by atoms with Gasteiger partial charge in [0.15, 0.2) is 11.6 Å². The van der Waals surface area contributed by atoms with Gasteiger partial charge in [-0.2, -0.15) is 0 Å². The second-order valence-electron chi connectivity index (χ2n) is 5.85. The number of hydrogen-bond donors (Lipinski definition) is 1. The third-order valence-electron chi connectivity index (χ3n) is 3.96. The summed E-state index contributed by atoms with van der Waals surface area (Å²) < 4.78 is 30.3. The maximum atomic E-state index is 14.5. The molecule has 0 bridgehead atoms. The number of rotatable bonds is 4. The standard InChI is InChI=1S/C16H17F2N5OS/c1-10(25)19-8-11-9-23(21-20-11)12-6-14(17)16(15(18)7-12)22-4-2-13(24)3-5-22/h6-7,9H,2-5,8H2,1H3,(H,19,25). The third kappa shape index (κ3) is 3.98. The fourth-order valence-electron chi connectivity index (χ4n) is 2.69. The number of benzene rings is 1. The average Bonchev–Trinajstić information content (AvgIpc) is 3.03. The predicted octanol–water partition coefficient (Wildman–Crippen LogP) is 2.15. The van der Waals surface area contributed by atoms with E-state index in [-0.39, 0.29) is 17.2 Å². The van der Waals surface area contributed by atoms with Crippen molar-refractivity contribution >= 4 is 28.7 Å². The molecule has 0 radical (unpaired) electrons. The molecule has 0 spiro atoms. The number of hydrogen-bond acceptors (Lipinski definition) is 5. The van der Waals surface area contributed by atoms with Crippen LogP contribution in [0.2, 0.25) is 0 Å². The first-order valence-electron chi connectivity index (χ1n) is 7.86. The lowest BCUT2D eigenvalue weighted by Gasteiger charge is -2.28. The Morgan fingerprint density at radius 1 is 1.28 bits per heavy atom. The number of carbonyl (C=O) groups excluding carboxylic acids is 1. The Kier molecular flexibility index (Phi) is 5.03. The third-order valence-corrected chi connectivity index (χ3v) is 4.11. The van der Waals surface area contributed by atoms with Crippen LogP contribution in [0.3, 0.4) is 0 Å². The normalized spacial score (nSPS) is 14.7. The van der Waals surface area contributed by atoms with Crippen molar-refractivity contribution in [3.8, 4) is 5.69 Å². The number of piperidine rings is 1. The van der Waals surface area contributed by atoms with Gasteiger partial charge in [0.05, 0.1) is 23.4 Å². The van der Waals surface area contributed by atoms with E-state index in [0.717, 1.165) is 0 Å². The first-order valence-corrected chi connectivity index (χ1v) is 8.26. The molecule has 1 aromatic heterocycles. The number of halogens is 2. The van der Waals surface area contributed by atoms with E-state index in [0.29, 0.717) is 43.2 Å². The van der Waals surface area contributed by atoms with Crippen LogP contribution in [-0.2, 0) is 11.3 Å². The van der Waals surface area contributed by atoms with E-state index in [1.807, 2.05) is 0 Å². The van der Waals surface area contributed by atoms with Crippen LogP contribution in [0.15, 0.2) is 18.3 Å². The van der Waals surface area contributed by atoms with Crippen molar-refractivity contribution in [3.63, 3.8) is 0 Å². The Balaban J connectivity index is 1.82. The maximum Gasteiger partial charge on any atom is 0.151 e. The predicted molar refractivity (Wildman–Crippen MR) is 92.8 cm³/mol. The highest BCUT2D eigenvalue weighted by molar-refractivity contribution is 7.80. The van der Waals surface area contributed by atoms with Crippen LogP contribution < -0.4 is 10.2 Å². The Bertz CT molecular complexity index is 790. The molecule has 1 fully saturated rings. The van der Waals surface area contributed by atoms with Gasteiger partial charge in [-0.3, -0.25) is 4.79 Å².